The van der Waals surface area contributed by atoms with Crippen molar-refractivity contribution in [3.63, 3.8) is 0 Å². The van der Waals surface area contributed by atoms with Gasteiger partial charge in [0.15, 0.2) is 5.82 Å². The average molecular weight is 249 g/mol. The van der Waals surface area contributed by atoms with Gasteiger partial charge in [0, 0.05) is 11.9 Å². The van der Waals surface area contributed by atoms with Gasteiger partial charge in [0.05, 0.1) is 6.20 Å². The van der Waals surface area contributed by atoms with E-state index in [2.05, 4.69) is 15.3 Å². The minimum atomic E-state index is -0.408. The highest BCUT2D eigenvalue weighted by Crippen LogP contribution is 2.28. The van der Waals surface area contributed by atoms with Crippen LogP contribution in [0.5, 0.6) is 0 Å². The average Bonchev–Trinajstić information content (AvgIpc) is 2.35. The maximum absolute atomic E-state index is 13.5. The normalized spacial score (nSPS) is 10.3. The topological polar surface area (TPSA) is 37.8 Å². The fourth-order valence-corrected chi connectivity index (χ4v) is 2.04. The summed E-state index contributed by atoms with van der Waals surface area (Å²) in [5.74, 6) is 0.00980. The van der Waals surface area contributed by atoms with E-state index in [1.807, 2.05) is 31.2 Å². The number of hydrogen-bond acceptors (Lipinski definition) is 4. The molecule has 0 spiro atoms. The van der Waals surface area contributed by atoms with Gasteiger partial charge in [0.25, 0.3) is 0 Å². The molecular weight excluding hydrogens is 237 g/mol. The number of hydrogen-bond donors (Lipinski definition) is 1. The summed E-state index contributed by atoms with van der Waals surface area (Å²) in [6, 6.07) is 7.86. The third-order valence-electron chi connectivity index (χ3n) is 2.17. The Morgan fingerprint density at radius 2 is 1.94 bits per heavy atom. The molecule has 1 heterocycles. The fourth-order valence-electron chi connectivity index (χ4n) is 1.26. The van der Waals surface area contributed by atoms with Crippen LogP contribution in [-0.4, -0.2) is 17.0 Å². The van der Waals surface area contributed by atoms with Crippen molar-refractivity contribution in [2.45, 2.75) is 16.8 Å². The van der Waals surface area contributed by atoms with Gasteiger partial charge in [-0.05, 0) is 19.1 Å². The molecule has 1 aromatic carbocycles. The quantitative estimate of drug-likeness (QED) is 0.848. The Morgan fingerprint density at radius 1 is 1.24 bits per heavy atom. The molecule has 0 saturated heterocycles. The number of rotatable bonds is 3. The van der Waals surface area contributed by atoms with Crippen LogP contribution in [0, 0.1) is 12.7 Å². The van der Waals surface area contributed by atoms with E-state index in [-0.39, 0.29) is 0 Å². The van der Waals surface area contributed by atoms with E-state index in [1.165, 1.54) is 23.5 Å². The maximum Gasteiger partial charge on any atom is 0.223 e. The van der Waals surface area contributed by atoms with Gasteiger partial charge in [0.2, 0.25) is 5.95 Å². The van der Waals surface area contributed by atoms with Crippen LogP contribution in [0.15, 0.2) is 40.4 Å². The lowest BCUT2D eigenvalue weighted by atomic mass is 10.2. The molecule has 2 rings (SSSR count). The van der Waals surface area contributed by atoms with E-state index in [0.717, 1.165) is 4.90 Å². The highest BCUT2D eigenvalue weighted by atomic mass is 32.2. The summed E-state index contributed by atoms with van der Waals surface area (Å²) in [6.07, 6.45) is 1.18. The van der Waals surface area contributed by atoms with E-state index in [4.69, 9.17) is 0 Å². The minimum absolute atomic E-state index is 0.327. The van der Waals surface area contributed by atoms with Crippen LogP contribution in [0.25, 0.3) is 0 Å². The summed E-state index contributed by atoms with van der Waals surface area (Å²) >= 11 is 1.29. The minimum Gasteiger partial charge on any atom is -0.357 e. The molecule has 1 N–H and O–H groups in total. The summed E-state index contributed by atoms with van der Waals surface area (Å²) < 4.78 is 13.5. The monoisotopic (exact) mass is 249 g/mol. The second-order valence-corrected chi connectivity index (χ2v) is 4.57. The van der Waals surface area contributed by atoms with Gasteiger partial charge >= 0.3 is 0 Å². The van der Waals surface area contributed by atoms with E-state index in [0.29, 0.717) is 11.0 Å². The van der Waals surface area contributed by atoms with Crippen LogP contribution in [0.2, 0.25) is 0 Å². The molecule has 0 unspecified atom stereocenters. The molecule has 3 nitrogen and oxygen atoms in total. The zero-order valence-electron chi connectivity index (χ0n) is 9.57. The third-order valence-corrected chi connectivity index (χ3v) is 3.16. The Kier molecular flexibility index (Phi) is 3.58. The molecule has 0 saturated carbocycles. The molecule has 2 aromatic rings. The van der Waals surface area contributed by atoms with Crippen molar-refractivity contribution in [3.05, 3.63) is 41.8 Å². The number of halogens is 1. The standard InChI is InChI=1S/C12H12FN3S/c1-8-3-5-9(6-4-8)17-11-10(13)7-15-12(14-2)16-11/h3-7H,1-2H3,(H,14,15,16). The van der Waals surface area contributed by atoms with Gasteiger partial charge < -0.3 is 5.32 Å². The van der Waals surface area contributed by atoms with Crippen LogP contribution >= 0.6 is 11.8 Å². The number of benzene rings is 1. The predicted molar refractivity (Wildman–Crippen MR) is 66.8 cm³/mol. The molecule has 5 heteroatoms. The number of aromatic nitrogens is 2. The molecule has 0 amide bonds. The summed E-state index contributed by atoms with van der Waals surface area (Å²) in [5, 5.41) is 3.11. The number of nitrogens with zero attached hydrogens (tertiary/aromatic N) is 2. The molecular formula is C12H12FN3S. The first-order valence-corrected chi connectivity index (χ1v) is 5.95. The van der Waals surface area contributed by atoms with Crippen LogP contribution in [0.4, 0.5) is 10.3 Å². The SMILES string of the molecule is CNc1ncc(F)c(Sc2ccc(C)cc2)n1. The number of anilines is 1. The van der Waals surface area contributed by atoms with E-state index in [1.54, 1.807) is 7.05 Å². The summed E-state index contributed by atoms with van der Waals surface area (Å²) in [4.78, 5) is 8.83. The van der Waals surface area contributed by atoms with Gasteiger partial charge in [-0.1, -0.05) is 29.5 Å². The predicted octanol–water partition coefficient (Wildman–Crippen LogP) is 3.12. The van der Waals surface area contributed by atoms with Gasteiger partial charge in [0.1, 0.15) is 5.03 Å². The molecule has 17 heavy (non-hydrogen) atoms. The zero-order chi connectivity index (χ0) is 12.3. The first-order chi connectivity index (χ1) is 8.19. The number of nitrogens with one attached hydrogen (secondary N) is 1. The Bertz CT molecular complexity index is 514. The highest BCUT2D eigenvalue weighted by molar-refractivity contribution is 7.99. The molecule has 0 aliphatic rings. The first kappa shape index (κ1) is 11.9. The lowest BCUT2D eigenvalue weighted by molar-refractivity contribution is 0.580. The van der Waals surface area contributed by atoms with Gasteiger partial charge in [-0.15, -0.1) is 0 Å². The molecule has 1 aromatic heterocycles. The van der Waals surface area contributed by atoms with Gasteiger partial charge in [-0.2, -0.15) is 0 Å². The van der Waals surface area contributed by atoms with E-state index in [9.17, 15) is 4.39 Å². The molecule has 0 aliphatic heterocycles. The Labute approximate surface area is 103 Å². The summed E-state index contributed by atoms with van der Waals surface area (Å²) in [5.41, 5.74) is 1.17. The molecule has 0 bridgehead atoms. The maximum atomic E-state index is 13.5. The van der Waals surface area contributed by atoms with Crippen molar-refractivity contribution in [3.8, 4) is 0 Å². The van der Waals surface area contributed by atoms with E-state index >= 15 is 0 Å². The van der Waals surface area contributed by atoms with Crippen molar-refractivity contribution in [2.75, 3.05) is 12.4 Å². The molecule has 0 atom stereocenters. The zero-order valence-corrected chi connectivity index (χ0v) is 10.4. The van der Waals surface area contributed by atoms with Crippen molar-refractivity contribution in [2.24, 2.45) is 0 Å². The van der Waals surface area contributed by atoms with Gasteiger partial charge in [-0.3, -0.25) is 0 Å². The fraction of sp³-hybridized carbons (Fsp3) is 0.167. The van der Waals surface area contributed by atoms with Crippen LogP contribution in [-0.2, 0) is 0 Å². The lowest BCUT2D eigenvalue weighted by Gasteiger charge is -2.04. The molecule has 0 fully saturated rings. The number of aryl methyl sites for hydroxylation is 1. The summed E-state index contributed by atoms with van der Waals surface area (Å²) in [7, 11) is 1.70. The van der Waals surface area contributed by atoms with Crippen LogP contribution in [0.3, 0.4) is 0 Å². The molecule has 0 aliphatic carbocycles. The molecule has 88 valence electrons. The Morgan fingerprint density at radius 3 is 2.59 bits per heavy atom. The smallest absolute Gasteiger partial charge is 0.223 e. The first-order valence-electron chi connectivity index (χ1n) is 5.14. The van der Waals surface area contributed by atoms with Crippen molar-refractivity contribution in [1.82, 2.24) is 9.97 Å². The summed E-state index contributed by atoms with van der Waals surface area (Å²) in [6.45, 7) is 2.01. The van der Waals surface area contributed by atoms with Crippen LogP contribution in [0.1, 0.15) is 5.56 Å². The van der Waals surface area contributed by atoms with Crippen molar-refractivity contribution >= 4 is 17.7 Å². The van der Waals surface area contributed by atoms with Crippen LogP contribution < -0.4 is 5.32 Å². The molecule has 0 radical (unpaired) electrons. The van der Waals surface area contributed by atoms with E-state index < -0.39 is 5.82 Å². The second-order valence-electron chi connectivity index (χ2n) is 3.51. The lowest BCUT2D eigenvalue weighted by Crippen LogP contribution is -1.98. The van der Waals surface area contributed by atoms with Crippen molar-refractivity contribution in [1.29, 1.82) is 0 Å². The Balaban J connectivity index is 2.25. The highest BCUT2D eigenvalue weighted by Gasteiger charge is 2.08. The van der Waals surface area contributed by atoms with Crippen molar-refractivity contribution < 1.29 is 4.39 Å². The second kappa shape index (κ2) is 5.14. The Hall–Kier alpha value is -1.62. The third kappa shape index (κ3) is 2.94. The van der Waals surface area contributed by atoms with Gasteiger partial charge in [-0.25, -0.2) is 14.4 Å². The largest absolute Gasteiger partial charge is 0.357 e.